The van der Waals surface area contributed by atoms with Gasteiger partial charge in [0.2, 0.25) is 0 Å². The van der Waals surface area contributed by atoms with Crippen LogP contribution in [-0.4, -0.2) is 13.2 Å². The summed E-state index contributed by atoms with van der Waals surface area (Å²) in [6, 6.07) is 10.7. The molecule has 0 bridgehead atoms. The van der Waals surface area contributed by atoms with E-state index in [1.54, 1.807) is 7.11 Å². The van der Waals surface area contributed by atoms with E-state index in [1.165, 1.54) is 12.1 Å². The first-order chi connectivity index (χ1) is 10.0. The van der Waals surface area contributed by atoms with Crippen molar-refractivity contribution in [3.05, 3.63) is 57.3 Å². The molecule has 2 rings (SSSR count). The smallest absolute Gasteiger partial charge is 0.125 e. The lowest BCUT2D eigenvalue weighted by atomic mass is 10.1. The molecule has 0 aromatic heterocycles. The number of anilines is 1. The first kappa shape index (κ1) is 16.1. The zero-order valence-electron chi connectivity index (χ0n) is 11.8. The molecular weight excluding hydrogens is 357 g/mol. The second-order valence-electron chi connectivity index (χ2n) is 4.81. The van der Waals surface area contributed by atoms with Gasteiger partial charge < -0.3 is 10.1 Å². The van der Waals surface area contributed by atoms with Crippen molar-refractivity contribution in [1.82, 2.24) is 0 Å². The van der Waals surface area contributed by atoms with E-state index in [-0.39, 0.29) is 11.9 Å². The van der Waals surface area contributed by atoms with E-state index in [2.05, 4.69) is 21.2 Å². The van der Waals surface area contributed by atoms with Crippen molar-refractivity contribution in [3.63, 3.8) is 0 Å². The molecule has 112 valence electrons. The number of hydrogen-bond donors (Lipinski definition) is 1. The summed E-state index contributed by atoms with van der Waals surface area (Å²) in [5, 5.41) is 3.66. The van der Waals surface area contributed by atoms with Crippen LogP contribution in [0.25, 0.3) is 0 Å². The molecule has 0 aliphatic carbocycles. The number of ether oxygens (including phenoxy) is 1. The third-order valence-electron chi connectivity index (χ3n) is 3.12. The van der Waals surface area contributed by atoms with E-state index in [9.17, 15) is 4.39 Å². The molecule has 2 aromatic rings. The Morgan fingerprint density at radius 3 is 2.71 bits per heavy atom. The highest BCUT2D eigenvalue weighted by molar-refractivity contribution is 9.10. The largest absolute Gasteiger partial charge is 0.496 e. The van der Waals surface area contributed by atoms with Gasteiger partial charge in [-0.3, -0.25) is 0 Å². The lowest BCUT2D eigenvalue weighted by Gasteiger charge is -2.19. The normalized spacial score (nSPS) is 12.0. The Labute approximate surface area is 137 Å². The van der Waals surface area contributed by atoms with Crippen LogP contribution in [0.4, 0.5) is 10.1 Å². The highest BCUT2D eigenvalue weighted by atomic mass is 79.9. The minimum Gasteiger partial charge on any atom is -0.496 e. The van der Waals surface area contributed by atoms with Gasteiger partial charge in [-0.15, -0.1) is 0 Å². The molecule has 0 saturated heterocycles. The molecule has 0 saturated carbocycles. The molecule has 0 spiro atoms. The van der Waals surface area contributed by atoms with Crippen LogP contribution in [-0.2, 0) is 6.42 Å². The summed E-state index contributed by atoms with van der Waals surface area (Å²) in [5.41, 5.74) is 1.80. The number of hydrogen-bond acceptors (Lipinski definition) is 2. The topological polar surface area (TPSA) is 21.3 Å². The van der Waals surface area contributed by atoms with Crippen molar-refractivity contribution in [2.24, 2.45) is 0 Å². The van der Waals surface area contributed by atoms with Gasteiger partial charge in [0.1, 0.15) is 11.6 Å². The zero-order valence-corrected chi connectivity index (χ0v) is 14.1. The summed E-state index contributed by atoms with van der Waals surface area (Å²) in [6.07, 6.45) is 0.768. The molecule has 2 aromatic carbocycles. The molecule has 2 nitrogen and oxygen atoms in total. The standard InChI is InChI=1S/C16H16BrClFNO/c1-10(7-11-5-3-4-6-15(11)21-2)20-16-13(17)8-12(19)9-14(16)18/h3-6,8-10,20H,7H2,1-2H3. The third-order valence-corrected chi connectivity index (χ3v) is 4.04. The molecule has 0 amide bonds. The van der Waals surface area contributed by atoms with Crippen LogP contribution in [0.15, 0.2) is 40.9 Å². The minimum absolute atomic E-state index is 0.112. The van der Waals surface area contributed by atoms with Crippen molar-refractivity contribution >= 4 is 33.2 Å². The molecule has 0 fully saturated rings. The molecule has 5 heteroatoms. The maximum Gasteiger partial charge on any atom is 0.125 e. The Hall–Kier alpha value is -1.26. The van der Waals surface area contributed by atoms with E-state index in [0.29, 0.717) is 15.2 Å². The van der Waals surface area contributed by atoms with Crippen LogP contribution in [0, 0.1) is 5.82 Å². The Morgan fingerprint density at radius 2 is 2.05 bits per heavy atom. The summed E-state index contributed by atoms with van der Waals surface area (Å²) < 4.78 is 19.2. The Morgan fingerprint density at radius 1 is 1.33 bits per heavy atom. The van der Waals surface area contributed by atoms with E-state index in [4.69, 9.17) is 16.3 Å². The fourth-order valence-electron chi connectivity index (χ4n) is 2.18. The predicted molar refractivity (Wildman–Crippen MR) is 88.9 cm³/mol. The number of para-hydroxylation sites is 1. The number of rotatable bonds is 5. The van der Waals surface area contributed by atoms with Gasteiger partial charge in [-0.1, -0.05) is 29.8 Å². The monoisotopic (exact) mass is 371 g/mol. The van der Waals surface area contributed by atoms with Crippen LogP contribution in [0.5, 0.6) is 5.75 Å². The van der Waals surface area contributed by atoms with E-state index in [0.717, 1.165) is 17.7 Å². The minimum atomic E-state index is -0.366. The predicted octanol–water partition coefficient (Wildman–Crippen LogP) is 5.29. The molecule has 1 atom stereocenters. The van der Waals surface area contributed by atoms with Crippen LogP contribution >= 0.6 is 27.5 Å². The van der Waals surface area contributed by atoms with Gasteiger partial charge in [0.05, 0.1) is 17.8 Å². The van der Waals surface area contributed by atoms with Gasteiger partial charge in [-0.05, 0) is 53.0 Å². The number of nitrogens with one attached hydrogen (secondary N) is 1. The summed E-state index contributed by atoms with van der Waals surface area (Å²) in [7, 11) is 1.66. The maximum atomic E-state index is 13.2. The highest BCUT2D eigenvalue weighted by Crippen LogP contribution is 2.32. The van der Waals surface area contributed by atoms with Gasteiger partial charge in [-0.2, -0.15) is 0 Å². The van der Waals surface area contributed by atoms with Crippen molar-refractivity contribution in [1.29, 1.82) is 0 Å². The quantitative estimate of drug-likeness (QED) is 0.769. The van der Waals surface area contributed by atoms with Crippen LogP contribution in [0.1, 0.15) is 12.5 Å². The summed E-state index contributed by atoms with van der Waals surface area (Å²) in [4.78, 5) is 0. The van der Waals surface area contributed by atoms with Crippen LogP contribution in [0.3, 0.4) is 0 Å². The van der Waals surface area contributed by atoms with Crippen LogP contribution < -0.4 is 10.1 Å². The lowest BCUT2D eigenvalue weighted by Crippen LogP contribution is -2.19. The summed E-state index contributed by atoms with van der Waals surface area (Å²) in [5.74, 6) is 0.491. The molecule has 1 unspecified atom stereocenters. The van der Waals surface area contributed by atoms with Crippen LogP contribution in [0.2, 0.25) is 5.02 Å². The Bertz CT molecular complexity index is 612. The lowest BCUT2D eigenvalue weighted by molar-refractivity contribution is 0.409. The Balaban J connectivity index is 2.14. The SMILES string of the molecule is COc1ccccc1CC(C)Nc1c(Cl)cc(F)cc1Br. The molecular formula is C16H16BrClFNO. The molecule has 1 N–H and O–H groups in total. The molecule has 0 aliphatic heterocycles. The number of benzene rings is 2. The van der Waals surface area contributed by atoms with Crippen molar-refractivity contribution < 1.29 is 9.13 Å². The molecule has 0 heterocycles. The first-order valence-electron chi connectivity index (χ1n) is 6.54. The fraction of sp³-hybridized carbons (Fsp3) is 0.250. The summed E-state index contributed by atoms with van der Waals surface area (Å²) >= 11 is 9.41. The zero-order chi connectivity index (χ0) is 15.4. The van der Waals surface area contributed by atoms with Crippen molar-refractivity contribution in [2.75, 3.05) is 12.4 Å². The second-order valence-corrected chi connectivity index (χ2v) is 6.07. The maximum absolute atomic E-state index is 13.2. The number of halogens is 3. The average molecular weight is 373 g/mol. The average Bonchev–Trinajstić information content (AvgIpc) is 2.43. The third kappa shape index (κ3) is 4.11. The van der Waals surface area contributed by atoms with Crippen molar-refractivity contribution in [3.8, 4) is 5.75 Å². The molecule has 21 heavy (non-hydrogen) atoms. The fourth-order valence-corrected chi connectivity index (χ4v) is 3.10. The van der Waals surface area contributed by atoms with E-state index in [1.807, 2.05) is 31.2 Å². The first-order valence-corrected chi connectivity index (χ1v) is 7.71. The second kappa shape index (κ2) is 7.14. The molecule has 0 aliphatic rings. The molecule has 0 radical (unpaired) electrons. The number of methoxy groups -OCH3 is 1. The Kier molecular flexibility index (Phi) is 5.48. The van der Waals surface area contributed by atoms with E-state index < -0.39 is 0 Å². The van der Waals surface area contributed by atoms with Crippen molar-refractivity contribution in [2.45, 2.75) is 19.4 Å². The summed E-state index contributed by atoms with van der Waals surface area (Å²) in [6.45, 7) is 2.04. The van der Waals surface area contributed by atoms with Gasteiger partial charge in [-0.25, -0.2) is 4.39 Å². The van der Waals surface area contributed by atoms with Gasteiger partial charge >= 0.3 is 0 Å². The van der Waals surface area contributed by atoms with Gasteiger partial charge in [0.15, 0.2) is 0 Å². The highest BCUT2D eigenvalue weighted by Gasteiger charge is 2.13. The van der Waals surface area contributed by atoms with E-state index >= 15 is 0 Å². The van der Waals surface area contributed by atoms with Gasteiger partial charge in [0.25, 0.3) is 0 Å². The van der Waals surface area contributed by atoms with Gasteiger partial charge in [0, 0.05) is 10.5 Å².